The van der Waals surface area contributed by atoms with Gasteiger partial charge in [-0.1, -0.05) is 29.8 Å². The van der Waals surface area contributed by atoms with Crippen LogP contribution in [0.3, 0.4) is 0 Å². The molecule has 0 spiro atoms. The van der Waals surface area contributed by atoms with E-state index in [-0.39, 0.29) is 6.04 Å². The van der Waals surface area contributed by atoms with Crippen LogP contribution in [0, 0.1) is 13.8 Å². The topological polar surface area (TPSA) is 38.0 Å². The standard InChI is InChI=1S/C13H20N2/c1-4-7-15-13(9-14)12-8-10(2)5-6-11(12)3/h4-6,8,13,15H,1,7,9,14H2,2-3H3. The lowest BCUT2D eigenvalue weighted by Crippen LogP contribution is -2.28. The van der Waals surface area contributed by atoms with E-state index in [0.29, 0.717) is 6.54 Å². The molecule has 3 N–H and O–H groups in total. The summed E-state index contributed by atoms with van der Waals surface area (Å²) in [7, 11) is 0. The van der Waals surface area contributed by atoms with E-state index in [4.69, 9.17) is 5.73 Å². The van der Waals surface area contributed by atoms with Crippen molar-refractivity contribution in [2.45, 2.75) is 19.9 Å². The van der Waals surface area contributed by atoms with Gasteiger partial charge in [0.1, 0.15) is 0 Å². The summed E-state index contributed by atoms with van der Waals surface area (Å²) in [4.78, 5) is 0. The van der Waals surface area contributed by atoms with E-state index in [9.17, 15) is 0 Å². The van der Waals surface area contributed by atoms with E-state index in [1.165, 1.54) is 16.7 Å². The van der Waals surface area contributed by atoms with Gasteiger partial charge in [0.05, 0.1) is 0 Å². The van der Waals surface area contributed by atoms with Crippen molar-refractivity contribution in [3.8, 4) is 0 Å². The smallest absolute Gasteiger partial charge is 0.0449 e. The molecule has 1 aromatic carbocycles. The first-order valence-electron chi connectivity index (χ1n) is 5.30. The van der Waals surface area contributed by atoms with Gasteiger partial charge in [0.15, 0.2) is 0 Å². The maximum Gasteiger partial charge on any atom is 0.0449 e. The first-order chi connectivity index (χ1) is 7.19. The Kier molecular flexibility index (Phi) is 4.53. The minimum atomic E-state index is 0.225. The number of rotatable bonds is 5. The highest BCUT2D eigenvalue weighted by Crippen LogP contribution is 2.18. The van der Waals surface area contributed by atoms with Gasteiger partial charge in [-0.15, -0.1) is 6.58 Å². The number of hydrogen-bond acceptors (Lipinski definition) is 2. The molecule has 2 nitrogen and oxygen atoms in total. The number of hydrogen-bond donors (Lipinski definition) is 2. The molecule has 2 heteroatoms. The second-order valence-electron chi connectivity index (χ2n) is 3.85. The number of benzene rings is 1. The van der Waals surface area contributed by atoms with Crippen LogP contribution in [0.5, 0.6) is 0 Å². The van der Waals surface area contributed by atoms with Gasteiger partial charge in [-0.2, -0.15) is 0 Å². The van der Waals surface area contributed by atoms with Crippen molar-refractivity contribution in [3.05, 3.63) is 47.5 Å². The minimum absolute atomic E-state index is 0.225. The molecule has 0 aliphatic carbocycles. The predicted molar refractivity (Wildman–Crippen MR) is 65.9 cm³/mol. The molecule has 0 bridgehead atoms. The van der Waals surface area contributed by atoms with Crippen LogP contribution in [-0.2, 0) is 0 Å². The second kappa shape index (κ2) is 5.69. The number of nitrogens with one attached hydrogen (secondary N) is 1. The molecule has 0 saturated carbocycles. The zero-order chi connectivity index (χ0) is 11.3. The van der Waals surface area contributed by atoms with Gasteiger partial charge in [-0.3, -0.25) is 0 Å². The van der Waals surface area contributed by atoms with E-state index < -0.39 is 0 Å². The second-order valence-corrected chi connectivity index (χ2v) is 3.85. The van der Waals surface area contributed by atoms with E-state index in [1.54, 1.807) is 0 Å². The lowest BCUT2D eigenvalue weighted by atomic mass is 9.99. The molecule has 15 heavy (non-hydrogen) atoms. The molecule has 1 atom stereocenters. The molecule has 0 heterocycles. The Morgan fingerprint density at radius 3 is 2.80 bits per heavy atom. The Labute approximate surface area is 92.2 Å². The Morgan fingerprint density at radius 2 is 2.20 bits per heavy atom. The summed E-state index contributed by atoms with van der Waals surface area (Å²) in [5.74, 6) is 0. The Hall–Kier alpha value is -1.12. The maximum atomic E-state index is 5.77. The highest BCUT2D eigenvalue weighted by molar-refractivity contribution is 5.33. The van der Waals surface area contributed by atoms with E-state index in [1.807, 2.05) is 6.08 Å². The van der Waals surface area contributed by atoms with Gasteiger partial charge in [0.25, 0.3) is 0 Å². The summed E-state index contributed by atoms with van der Waals surface area (Å²) >= 11 is 0. The molecule has 0 fully saturated rings. The van der Waals surface area contributed by atoms with Crippen molar-refractivity contribution >= 4 is 0 Å². The highest BCUT2D eigenvalue weighted by atomic mass is 14.9. The van der Waals surface area contributed by atoms with Crippen LogP contribution in [0.4, 0.5) is 0 Å². The average Bonchev–Trinajstić information content (AvgIpc) is 2.24. The van der Waals surface area contributed by atoms with Crippen LogP contribution in [-0.4, -0.2) is 13.1 Å². The molecule has 0 aliphatic rings. The normalized spacial score (nSPS) is 12.5. The Morgan fingerprint density at radius 1 is 1.47 bits per heavy atom. The van der Waals surface area contributed by atoms with Gasteiger partial charge < -0.3 is 11.1 Å². The molecule has 0 amide bonds. The lowest BCUT2D eigenvalue weighted by Gasteiger charge is -2.19. The number of nitrogens with two attached hydrogens (primary N) is 1. The predicted octanol–water partition coefficient (Wildman–Crippen LogP) is 2.08. The highest BCUT2D eigenvalue weighted by Gasteiger charge is 2.10. The van der Waals surface area contributed by atoms with Gasteiger partial charge in [-0.05, 0) is 25.0 Å². The fraction of sp³-hybridized carbons (Fsp3) is 0.385. The third-order valence-corrected chi connectivity index (χ3v) is 2.55. The molecule has 1 aromatic rings. The molecule has 1 rings (SSSR count). The SMILES string of the molecule is C=CCNC(CN)c1cc(C)ccc1C. The molecule has 0 saturated heterocycles. The van der Waals surface area contributed by atoms with E-state index in [2.05, 4.69) is 43.9 Å². The minimum Gasteiger partial charge on any atom is -0.329 e. The van der Waals surface area contributed by atoms with Crippen molar-refractivity contribution in [3.63, 3.8) is 0 Å². The van der Waals surface area contributed by atoms with E-state index >= 15 is 0 Å². The van der Waals surface area contributed by atoms with Crippen molar-refractivity contribution < 1.29 is 0 Å². The lowest BCUT2D eigenvalue weighted by molar-refractivity contribution is 0.574. The van der Waals surface area contributed by atoms with Crippen molar-refractivity contribution in [1.82, 2.24) is 5.32 Å². The third kappa shape index (κ3) is 3.18. The summed E-state index contributed by atoms with van der Waals surface area (Å²) in [6, 6.07) is 6.69. The van der Waals surface area contributed by atoms with Crippen LogP contribution in [0.2, 0.25) is 0 Å². The summed E-state index contributed by atoms with van der Waals surface area (Å²) in [5, 5.41) is 3.36. The van der Waals surface area contributed by atoms with Crippen molar-refractivity contribution in [2.24, 2.45) is 5.73 Å². The Balaban J connectivity index is 2.89. The van der Waals surface area contributed by atoms with E-state index in [0.717, 1.165) is 6.54 Å². The van der Waals surface area contributed by atoms with Crippen LogP contribution in [0.15, 0.2) is 30.9 Å². The molecular weight excluding hydrogens is 184 g/mol. The molecule has 82 valence electrons. The zero-order valence-corrected chi connectivity index (χ0v) is 9.59. The fourth-order valence-electron chi connectivity index (χ4n) is 1.68. The quantitative estimate of drug-likeness (QED) is 0.721. The largest absolute Gasteiger partial charge is 0.329 e. The summed E-state index contributed by atoms with van der Waals surface area (Å²) < 4.78 is 0. The van der Waals surface area contributed by atoms with Gasteiger partial charge in [0, 0.05) is 19.1 Å². The Bertz CT molecular complexity index is 331. The molecule has 1 unspecified atom stereocenters. The number of aryl methyl sites for hydroxylation is 2. The van der Waals surface area contributed by atoms with Crippen LogP contribution >= 0.6 is 0 Å². The fourth-order valence-corrected chi connectivity index (χ4v) is 1.68. The van der Waals surface area contributed by atoms with Crippen molar-refractivity contribution in [1.29, 1.82) is 0 Å². The average molecular weight is 204 g/mol. The first-order valence-corrected chi connectivity index (χ1v) is 5.30. The monoisotopic (exact) mass is 204 g/mol. The zero-order valence-electron chi connectivity index (χ0n) is 9.59. The van der Waals surface area contributed by atoms with Crippen LogP contribution in [0.25, 0.3) is 0 Å². The third-order valence-electron chi connectivity index (χ3n) is 2.55. The van der Waals surface area contributed by atoms with Gasteiger partial charge >= 0.3 is 0 Å². The molecule has 0 aliphatic heterocycles. The van der Waals surface area contributed by atoms with Crippen molar-refractivity contribution in [2.75, 3.05) is 13.1 Å². The first kappa shape index (κ1) is 12.0. The molecule has 0 aromatic heterocycles. The molecular formula is C13H20N2. The van der Waals surface area contributed by atoms with Gasteiger partial charge in [-0.25, -0.2) is 0 Å². The maximum absolute atomic E-state index is 5.77. The van der Waals surface area contributed by atoms with Gasteiger partial charge in [0.2, 0.25) is 0 Å². The molecule has 0 radical (unpaired) electrons. The van der Waals surface area contributed by atoms with Crippen LogP contribution < -0.4 is 11.1 Å². The summed E-state index contributed by atoms with van der Waals surface area (Å²) in [6.45, 7) is 9.31. The summed E-state index contributed by atoms with van der Waals surface area (Å²) in [5.41, 5.74) is 9.62. The summed E-state index contributed by atoms with van der Waals surface area (Å²) in [6.07, 6.45) is 1.85. The van der Waals surface area contributed by atoms with Crippen LogP contribution in [0.1, 0.15) is 22.7 Å².